The summed E-state index contributed by atoms with van der Waals surface area (Å²) in [6, 6.07) is 10.5. The molecule has 1 aliphatic carbocycles. The number of fused-ring (bicyclic) bond motifs is 1. The lowest BCUT2D eigenvalue weighted by molar-refractivity contribution is -0.160. The van der Waals surface area contributed by atoms with E-state index in [9.17, 15) is 4.79 Å². The van der Waals surface area contributed by atoms with Crippen molar-refractivity contribution in [3.8, 4) is 0 Å². The first-order valence-electron chi connectivity index (χ1n) is 6.59. The molecule has 2 aliphatic rings. The number of ether oxygens (including phenoxy) is 1. The minimum Gasteiger partial charge on any atom is -0.469 e. The summed E-state index contributed by atoms with van der Waals surface area (Å²) in [6.45, 7) is 2.83. The summed E-state index contributed by atoms with van der Waals surface area (Å²) in [5.74, 6) is 0.503. The molecule has 1 saturated heterocycles. The summed E-state index contributed by atoms with van der Waals surface area (Å²) in [7, 11) is 1.51. The molecule has 1 aromatic rings. The van der Waals surface area contributed by atoms with Crippen LogP contribution in [0.2, 0.25) is 0 Å². The molecule has 18 heavy (non-hydrogen) atoms. The second-order valence-corrected chi connectivity index (χ2v) is 5.54. The molecule has 3 rings (SSSR count). The van der Waals surface area contributed by atoms with Crippen LogP contribution in [0, 0.1) is 11.3 Å². The number of likely N-dealkylation sites (tertiary alicyclic amines) is 1. The molecule has 0 amide bonds. The SMILES string of the molecule is COC(=O)[C@]12CC[C@@H]1CN(Cc1ccccc1)C2. The number of hydrogen-bond acceptors (Lipinski definition) is 3. The van der Waals surface area contributed by atoms with E-state index in [0.717, 1.165) is 26.1 Å². The van der Waals surface area contributed by atoms with Crippen LogP contribution in [0.5, 0.6) is 0 Å². The van der Waals surface area contributed by atoms with Crippen LogP contribution >= 0.6 is 0 Å². The number of carbonyl (C=O) groups excluding carboxylic acids is 1. The summed E-state index contributed by atoms with van der Waals surface area (Å²) in [4.78, 5) is 14.3. The zero-order valence-corrected chi connectivity index (χ0v) is 10.8. The third-order valence-electron chi connectivity index (χ3n) is 4.55. The number of esters is 1. The predicted octanol–water partition coefficient (Wildman–Crippen LogP) is 2.07. The van der Waals surface area contributed by atoms with E-state index >= 15 is 0 Å². The van der Waals surface area contributed by atoms with Gasteiger partial charge >= 0.3 is 5.97 Å². The zero-order valence-electron chi connectivity index (χ0n) is 10.8. The summed E-state index contributed by atoms with van der Waals surface area (Å²) in [6.07, 6.45) is 2.16. The second-order valence-electron chi connectivity index (χ2n) is 5.54. The first-order chi connectivity index (χ1) is 8.74. The van der Waals surface area contributed by atoms with E-state index in [1.165, 1.54) is 19.1 Å². The Labute approximate surface area is 108 Å². The monoisotopic (exact) mass is 245 g/mol. The van der Waals surface area contributed by atoms with Gasteiger partial charge in [-0.3, -0.25) is 9.69 Å². The highest BCUT2D eigenvalue weighted by Gasteiger charge is 2.58. The van der Waals surface area contributed by atoms with Crippen LogP contribution in [-0.2, 0) is 16.1 Å². The van der Waals surface area contributed by atoms with Crippen molar-refractivity contribution in [2.45, 2.75) is 19.4 Å². The van der Waals surface area contributed by atoms with Crippen LogP contribution in [0.15, 0.2) is 30.3 Å². The summed E-state index contributed by atoms with van der Waals surface area (Å²) in [5.41, 5.74) is 1.13. The van der Waals surface area contributed by atoms with Gasteiger partial charge in [0.25, 0.3) is 0 Å². The van der Waals surface area contributed by atoms with Crippen molar-refractivity contribution >= 4 is 5.97 Å². The fourth-order valence-electron chi connectivity index (χ4n) is 3.44. The Morgan fingerprint density at radius 2 is 2.22 bits per heavy atom. The molecule has 0 radical (unpaired) electrons. The highest BCUT2D eigenvalue weighted by molar-refractivity contribution is 5.79. The van der Waals surface area contributed by atoms with Crippen LogP contribution < -0.4 is 0 Å². The van der Waals surface area contributed by atoms with Gasteiger partial charge < -0.3 is 4.74 Å². The maximum absolute atomic E-state index is 11.9. The summed E-state index contributed by atoms with van der Waals surface area (Å²) in [5, 5.41) is 0. The smallest absolute Gasteiger partial charge is 0.313 e. The van der Waals surface area contributed by atoms with Crippen LogP contribution in [0.4, 0.5) is 0 Å². The van der Waals surface area contributed by atoms with E-state index in [-0.39, 0.29) is 11.4 Å². The normalized spacial score (nSPS) is 30.6. The van der Waals surface area contributed by atoms with Crippen LogP contribution in [0.3, 0.4) is 0 Å². The van der Waals surface area contributed by atoms with Crippen molar-refractivity contribution in [3.05, 3.63) is 35.9 Å². The van der Waals surface area contributed by atoms with Gasteiger partial charge in [-0.15, -0.1) is 0 Å². The lowest BCUT2D eigenvalue weighted by atomic mass is 9.62. The molecular weight excluding hydrogens is 226 g/mol. The van der Waals surface area contributed by atoms with Crippen LogP contribution in [0.1, 0.15) is 18.4 Å². The molecule has 3 nitrogen and oxygen atoms in total. The Hall–Kier alpha value is -1.35. The molecule has 2 atom stereocenters. The predicted molar refractivity (Wildman–Crippen MR) is 68.9 cm³/mol. The fraction of sp³-hybridized carbons (Fsp3) is 0.533. The second kappa shape index (κ2) is 4.39. The van der Waals surface area contributed by atoms with Gasteiger partial charge in [-0.25, -0.2) is 0 Å². The van der Waals surface area contributed by atoms with Gasteiger partial charge in [0.05, 0.1) is 12.5 Å². The standard InChI is InChI=1S/C15H19NO2/c1-18-14(17)15-8-7-13(15)10-16(11-15)9-12-5-3-2-4-6-12/h2-6,13H,7-11H2,1H3/t13-,15+/m1/s1. The molecule has 0 aromatic heterocycles. The number of hydrogen-bond donors (Lipinski definition) is 0. The van der Waals surface area contributed by atoms with Crippen LogP contribution in [0.25, 0.3) is 0 Å². The van der Waals surface area contributed by atoms with Gasteiger partial charge in [0.2, 0.25) is 0 Å². The summed E-state index contributed by atoms with van der Waals surface area (Å²) < 4.78 is 4.99. The number of benzene rings is 1. The van der Waals surface area contributed by atoms with Gasteiger partial charge in [-0.2, -0.15) is 0 Å². The van der Waals surface area contributed by atoms with Crippen molar-refractivity contribution in [2.24, 2.45) is 11.3 Å². The van der Waals surface area contributed by atoms with E-state index in [1.807, 2.05) is 6.07 Å². The average molecular weight is 245 g/mol. The average Bonchev–Trinajstić information content (AvgIpc) is 2.63. The highest BCUT2D eigenvalue weighted by Crippen LogP contribution is 2.52. The number of methoxy groups -OCH3 is 1. The topological polar surface area (TPSA) is 29.5 Å². The van der Waals surface area contributed by atoms with E-state index in [0.29, 0.717) is 5.92 Å². The first kappa shape index (κ1) is 11.7. The third kappa shape index (κ3) is 1.74. The molecule has 1 aliphatic heterocycles. The number of carbonyl (C=O) groups is 1. The summed E-state index contributed by atoms with van der Waals surface area (Å²) >= 11 is 0. The molecule has 1 heterocycles. The van der Waals surface area contributed by atoms with E-state index in [1.54, 1.807) is 0 Å². The molecule has 0 spiro atoms. The number of rotatable bonds is 3. The molecule has 0 unspecified atom stereocenters. The minimum atomic E-state index is -0.191. The van der Waals surface area contributed by atoms with Crippen molar-refractivity contribution in [1.29, 1.82) is 0 Å². The molecule has 0 N–H and O–H groups in total. The van der Waals surface area contributed by atoms with E-state index in [4.69, 9.17) is 4.74 Å². The molecular formula is C15H19NO2. The van der Waals surface area contributed by atoms with Crippen LogP contribution in [-0.4, -0.2) is 31.1 Å². The van der Waals surface area contributed by atoms with Crippen molar-refractivity contribution < 1.29 is 9.53 Å². The van der Waals surface area contributed by atoms with Gasteiger partial charge in [0, 0.05) is 19.6 Å². The maximum atomic E-state index is 11.9. The molecule has 1 aromatic carbocycles. The van der Waals surface area contributed by atoms with Gasteiger partial charge in [0.15, 0.2) is 0 Å². The Balaban J connectivity index is 1.70. The quantitative estimate of drug-likeness (QED) is 0.764. The Morgan fingerprint density at radius 3 is 2.83 bits per heavy atom. The lowest BCUT2D eigenvalue weighted by Crippen LogP contribution is -2.47. The third-order valence-corrected chi connectivity index (χ3v) is 4.55. The van der Waals surface area contributed by atoms with Gasteiger partial charge in [-0.1, -0.05) is 30.3 Å². The fourth-order valence-corrected chi connectivity index (χ4v) is 3.44. The van der Waals surface area contributed by atoms with E-state index < -0.39 is 0 Å². The van der Waals surface area contributed by atoms with Crippen molar-refractivity contribution in [3.63, 3.8) is 0 Å². The Bertz CT molecular complexity index is 445. The number of nitrogens with zero attached hydrogens (tertiary/aromatic N) is 1. The largest absolute Gasteiger partial charge is 0.469 e. The van der Waals surface area contributed by atoms with Gasteiger partial charge in [-0.05, 0) is 24.3 Å². The molecule has 3 heteroatoms. The molecule has 96 valence electrons. The van der Waals surface area contributed by atoms with E-state index in [2.05, 4.69) is 29.2 Å². The first-order valence-corrected chi connectivity index (χ1v) is 6.59. The van der Waals surface area contributed by atoms with Crippen molar-refractivity contribution in [2.75, 3.05) is 20.2 Å². The lowest BCUT2D eigenvalue weighted by Gasteiger charge is -2.40. The molecule has 1 saturated carbocycles. The molecule has 2 fully saturated rings. The maximum Gasteiger partial charge on any atom is 0.313 e. The Kier molecular flexibility index (Phi) is 2.86. The molecule has 0 bridgehead atoms. The zero-order chi connectivity index (χ0) is 12.6. The highest BCUT2D eigenvalue weighted by atomic mass is 16.5. The Morgan fingerprint density at radius 1 is 1.44 bits per heavy atom. The minimum absolute atomic E-state index is 0.00527. The van der Waals surface area contributed by atoms with Crippen molar-refractivity contribution in [1.82, 2.24) is 4.90 Å². The van der Waals surface area contributed by atoms with Gasteiger partial charge in [0.1, 0.15) is 0 Å².